The number of hydrogen-bond donors (Lipinski definition) is 0. The quantitative estimate of drug-likeness (QED) is 0.241. The van der Waals surface area contributed by atoms with Crippen LogP contribution in [0.2, 0.25) is 0 Å². The Labute approximate surface area is 222 Å². The summed E-state index contributed by atoms with van der Waals surface area (Å²) in [5.74, 6) is 2.06. The maximum Gasteiger partial charge on any atom is 0.140 e. The molecule has 2 heterocycles. The van der Waals surface area contributed by atoms with Crippen LogP contribution in [0.15, 0.2) is 84.9 Å². The minimum Gasteiger partial charge on any atom is -0.327 e. The van der Waals surface area contributed by atoms with Crippen molar-refractivity contribution < 1.29 is 0 Å². The van der Waals surface area contributed by atoms with Crippen molar-refractivity contribution in [1.82, 2.24) is 19.1 Å². The van der Waals surface area contributed by atoms with E-state index < -0.39 is 0 Å². The van der Waals surface area contributed by atoms with Crippen molar-refractivity contribution in [3.8, 4) is 28.6 Å². The molecule has 5 nitrogen and oxygen atoms in total. The van der Waals surface area contributed by atoms with Gasteiger partial charge in [-0.2, -0.15) is 5.26 Å². The molecule has 0 aliphatic rings. The second-order valence-electron chi connectivity index (χ2n) is 9.86. The van der Waals surface area contributed by atoms with E-state index in [0.29, 0.717) is 5.56 Å². The first-order valence-corrected chi connectivity index (χ1v) is 13.1. The number of nitriles is 1. The van der Waals surface area contributed by atoms with Gasteiger partial charge in [-0.15, -0.1) is 0 Å². The number of nitrogens with zero attached hydrogens (tertiary/aromatic N) is 5. The molecule has 0 bridgehead atoms. The lowest BCUT2D eigenvalue weighted by Gasteiger charge is -2.12. The molecule has 0 aliphatic heterocycles. The summed E-state index contributed by atoms with van der Waals surface area (Å²) in [6, 6.07) is 31.3. The van der Waals surface area contributed by atoms with E-state index >= 15 is 0 Å². The van der Waals surface area contributed by atoms with Crippen LogP contribution < -0.4 is 0 Å². The number of benzene rings is 4. The Morgan fingerprint density at radius 1 is 0.842 bits per heavy atom. The van der Waals surface area contributed by atoms with Gasteiger partial charge in [0.1, 0.15) is 11.6 Å². The molecule has 0 spiro atoms. The molecule has 0 fully saturated rings. The topological polar surface area (TPSA) is 59.4 Å². The first-order valence-electron chi connectivity index (χ1n) is 13.1. The Balaban J connectivity index is 1.43. The van der Waals surface area contributed by atoms with Crippen molar-refractivity contribution in [2.45, 2.75) is 33.2 Å². The van der Waals surface area contributed by atoms with E-state index in [0.717, 1.165) is 75.4 Å². The number of fused-ring (bicyclic) bond motifs is 2. The monoisotopic (exact) mass is 495 g/mol. The number of aryl methyl sites for hydroxylation is 3. The third-order valence-corrected chi connectivity index (χ3v) is 7.30. The van der Waals surface area contributed by atoms with Gasteiger partial charge in [-0.05, 0) is 65.9 Å². The second kappa shape index (κ2) is 9.64. The van der Waals surface area contributed by atoms with Gasteiger partial charge in [-0.25, -0.2) is 9.97 Å². The SMILES string of the molecule is CCCc1nc2c(C)cc(-c3nc4ccccc4n3C)cc2n1Cc1ccc(-c2ccccc2C#N)cc1. The van der Waals surface area contributed by atoms with E-state index in [1.54, 1.807) is 0 Å². The summed E-state index contributed by atoms with van der Waals surface area (Å²) in [7, 11) is 2.08. The van der Waals surface area contributed by atoms with Crippen molar-refractivity contribution in [1.29, 1.82) is 5.26 Å². The molecule has 38 heavy (non-hydrogen) atoms. The van der Waals surface area contributed by atoms with Crippen LogP contribution in [0.4, 0.5) is 0 Å². The molecule has 0 unspecified atom stereocenters. The van der Waals surface area contributed by atoms with Gasteiger partial charge in [0, 0.05) is 25.6 Å². The van der Waals surface area contributed by atoms with Gasteiger partial charge >= 0.3 is 0 Å². The molecule has 0 amide bonds. The third-order valence-electron chi connectivity index (χ3n) is 7.30. The Morgan fingerprint density at radius 3 is 2.37 bits per heavy atom. The average Bonchev–Trinajstić information content (AvgIpc) is 3.47. The molecule has 0 saturated carbocycles. The molecule has 0 radical (unpaired) electrons. The first-order chi connectivity index (χ1) is 18.6. The van der Waals surface area contributed by atoms with Crippen molar-refractivity contribution in [2.24, 2.45) is 7.05 Å². The molecule has 6 rings (SSSR count). The number of rotatable bonds is 6. The van der Waals surface area contributed by atoms with Crippen LogP contribution in [0, 0.1) is 18.3 Å². The predicted octanol–water partition coefficient (Wildman–Crippen LogP) is 7.44. The highest BCUT2D eigenvalue weighted by Gasteiger charge is 2.17. The van der Waals surface area contributed by atoms with E-state index in [9.17, 15) is 5.26 Å². The molecular weight excluding hydrogens is 466 g/mol. The van der Waals surface area contributed by atoms with Gasteiger partial charge in [0.15, 0.2) is 0 Å². The largest absolute Gasteiger partial charge is 0.327 e. The highest BCUT2D eigenvalue weighted by atomic mass is 15.1. The third kappa shape index (κ3) is 4.05. The standard InChI is InChI=1S/C33H29N5/c1-4-9-31-36-32-22(2)18-26(33-35-28-12-7-8-13-29(28)37(33)3)19-30(32)38(31)21-23-14-16-24(17-15-23)27-11-6-5-10-25(27)20-34/h5-8,10-19H,4,9,21H2,1-3H3. The zero-order valence-electron chi connectivity index (χ0n) is 21.9. The predicted molar refractivity (Wildman–Crippen MR) is 154 cm³/mol. The Kier molecular flexibility index (Phi) is 6.01. The van der Waals surface area contributed by atoms with E-state index in [-0.39, 0.29) is 0 Å². The van der Waals surface area contributed by atoms with Crippen LogP contribution in [0.1, 0.15) is 35.9 Å². The Bertz CT molecular complexity index is 1830. The van der Waals surface area contributed by atoms with E-state index in [1.165, 1.54) is 5.56 Å². The van der Waals surface area contributed by atoms with Crippen LogP contribution >= 0.6 is 0 Å². The Morgan fingerprint density at radius 2 is 1.61 bits per heavy atom. The summed E-state index contributed by atoms with van der Waals surface area (Å²) >= 11 is 0. The van der Waals surface area contributed by atoms with Crippen molar-refractivity contribution in [3.63, 3.8) is 0 Å². The molecule has 0 atom stereocenters. The number of imidazole rings is 2. The summed E-state index contributed by atoms with van der Waals surface area (Å²) in [5, 5.41) is 9.51. The lowest BCUT2D eigenvalue weighted by Crippen LogP contribution is -2.05. The minimum absolute atomic E-state index is 0.691. The van der Waals surface area contributed by atoms with Gasteiger partial charge in [0.05, 0.1) is 33.7 Å². The lowest BCUT2D eigenvalue weighted by atomic mass is 9.99. The first kappa shape index (κ1) is 23.7. The van der Waals surface area contributed by atoms with Gasteiger partial charge < -0.3 is 9.13 Å². The summed E-state index contributed by atoms with van der Waals surface area (Å²) in [4.78, 5) is 10.0. The fourth-order valence-electron chi connectivity index (χ4n) is 5.37. The number of para-hydroxylation sites is 2. The Hall–Kier alpha value is -4.69. The fraction of sp³-hybridized carbons (Fsp3) is 0.182. The number of aromatic nitrogens is 4. The summed E-state index contributed by atoms with van der Waals surface area (Å²) in [6.45, 7) is 5.07. The molecule has 0 saturated heterocycles. The van der Waals surface area contributed by atoms with Crippen LogP contribution in [-0.2, 0) is 20.0 Å². The molecule has 5 heteroatoms. The van der Waals surface area contributed by atoms with Gasteiger partial charge in [0.25, 0.3) is 0 Å². The van der Waals surface area contributed by atoms with Crippen LogP contribution in [-0.4, -0.2) is 19.1 Å². The van der Waals surface area contributed by atoms with Crippen molar-refractivity contribution >= 4 is 22.1 Å². The number of hydrogen-bond acceptors (Lipinski definition) is 3. The highest BCUT2D eigenvalue weighted by Crippen LogP contribution is 2.31. The zero-order valence-corrected chi connectivity index (χ0v) is 21.9. The van der Waals surface area contributed by atoms with Crippen molar-refractivity contribution in [2.75, 3.05) is 0 Å². The van der Waals surface area contributed by atoms with E-state index in [1.807, 2.05) is 30.3 Å². The molecule has 2 aromatic heterocycles. The van der Waals surface area contributed by atoms with Gasteiger partial charge in [-0.3, -0.25) is 0 Å². The summed E-state index contributed by atoms with van der Waals surface area (Å²) in [5.41, 5.74) is 10.5. The average molecular weight is 496 g/mol. The van der Waals surface area contributed by atoms with Crippen molar-refractivity contribution in [3.05, 3.63) is 107 Å². The van der Waals surface area contributed by atoms with Crippen LogP contribution in [0.3, 0.4) is 0 Å². The minimum atomic E-state index is 0.691. The fourth-order valence-corrected chi connectivity index (χ4v) is 5.37. The second-order valence-corrected chi connectivity index (χ2v) is 9.86. The van der Waals surface area contributed by atoms with Gasteiger partial charge in [0.2, 0.25) is 0 Å². The molecule has 6 aromatic rings. The molecule has 0 N–H and O–H groups in total. The summed E-state index contributed by atoms with van der Waals surface area (Å²) < 4.78 is 4.53. The highest BCUT2D eigenvalue weighted by molar-refractivity contribution is 5.87. The molecule has 186 valence electrons. The smallest absolute Gasteiger partial charge is 0.140 e. The maximum absolute atomic E-state index is 9.51. The maximum atomic E-state index is 9.51. The van der Waals surface area contributed by atoms with E-state index in [2.05, 4.69) is 90.7 Å². The zero-order chi connectivity index (χ0) is 26.2. The molecule has 0 aliphatic carbocycles. The summed E-state index contributed by atoms with van der Waals surface area (Å²) in [6.07, 6.45) is 1.95. The van der Waals surface area contributed by atoms with Crippen LogP contribution in [0.25, 0.3) is 44.6 Å². The van der Waals surface area contributed by atoms with E-state index in [4.69, 9.17) is 9.97 Å². The van der Waals surface area contributed by atoms with Gasteiger partial charge in [-0.1, -0.05) is 61.5 Å². The lowest BCUT2D eigenvalue weighted by molar-refractivity contribution is 0.722. The molecular formula is C33H29N5. The van der Waals surface area contributed by atoms with Crippen LogP contribution in [0.5, 0.6) is 0 Å². The molecule has 4 aromatic carbocycles. The normalized spacial score (nSPS) is 11.3.